The van der Waals surface area contributed by atoms with Gasteiger partial charge >= 0.3 is 0 Å². The molecular formula is C21H25NO3S. The molecule has 4 nitrogen and oxygen atoms in total. The normalized spacial score (nSPS) is 26.1. The first-order valence-corrected chi connectivity index (χ1v) is 10.3. The third-order valence-corrected chi connectivity index (χ3v) is 6.92. The van der Waals surface area contributed by atoms with Gasteiger partial charge in [-0.1, -0.05) is 31.5 Å². The Hall–Kier alpha value is -1.72. The fourth-order valence-corrected chi connectivity index (χ4v) is 4.82. The largest absolute Gasteiger partial charge is 0.455 e. The van der Waals surface area contributed by atoms with E-state index in [-0.39, 0.29) is 11.8 Å². The molecule has 1 saturated heterocycles. The van der Waals surface area contributed by atoms with Gasteiger partial charge in [0.1, 0.15) is 5.76 Å². The summed E-state index contributed by atoms with van der Waals surface area (Å²) in [6.45, 7) is 3.07. The maximum absolute atomic E-state index is 12.8. The minimum Gasteiger partial charge on any atom is -0.455 e. The van der Waals surface area contributed by atoms with E-state index >= 15 is 0 Å². The number of β-amino-alcohol motifs (C(OH)–C–C–N with tert-alkyl or cyclic N) is 1. The van der Waals surface area contributed by atoms with Gasteiger partial charge in [-0.3, -0.25) is 4.79 Å². The van der Waals surface area contributed by atoms with E-state index in [9.17, 15) is 9.90 Å². The highest BCUT2D eigenvalue weighted by atomic mass is 32.2. The van der Waals surface area contributed by atoms with E-state index in [0.29, 0.717) is 30.5 Å². The van der Waals surface area contributed by atoms with Crippen LogP contribution in [0.4, 0.5) is 0 Å². The van der Waals surface area contributed by atoms with Crippen molar-refractivity contribution in [3.63, 3.8) is 0 Å². The molecule has 2 unspecified atom stereocenters. The molecule has 0 radical (unpaired) electrons. The van der Waals surface area contributed by atoms with Crippen LogP contribution in [0.5, 0.6) is 0 Å². The minimum atomic E-state index is -0.730. The summed E-state index contributed by atoms with van der Waals surface area (Å²) in [6.07, 6.45) is 3.34. The van der Waals surface area contributed by atoms with Crippen LogP contribution in [0.1, 0.15) is 42.5 Å². The van der Waals surface area contributed by atoms with E-state index in [2.05, 4.69) is 19.1 Å². The summed E-state index contributed by atoms with van der Waals surface area (Å²) in [5.41, 5.74) is -0.730. The lowest BCUT2D eigenvalue weighted by Gasteiger charge is -2.41. The molecule has 138 valence electrons. The van der Waals surface area contributed by atoms with Gasteiger partial charge < -0.3 is 14.4 Å². The molecule has 1 saturated carbocycles. The Morgan fingerprint density at radius 2 is 2.04 bits per heavy atom. The number of rotatable bonds is 5. The second kappa shape index (κ2) is 7.12. The van der Waals surface area contributed by atoms with Crippen LogP contribution in [0.15, 0.2) is 51.8 Å². The molecule has 0 bridgehead atoms. The standard InChI is InChI=1S/C21H25NO3S/c1-15-12-22(14-21(15,24)16-6-5-7-16)20(23)19-11-10-17(25-19)13-26-18-8-3-2-4-9-18/h2-4,8-11,15-16,24H,5-7,12-14H2,1H3. The van der Waals surface area contributed by atoms with Gasteiger partial charge in [-0.15, -0.1) is 11.8 Å². The number of likely N-dealkylation sites (tertiary alicyclic amines) is 1. The molecule has 2 heterocycles. The molecule has 1 aliphatic carbocycles. The van der Waals surface area contributed by atoms with E-state index < -0.39 is 5.60 Å². The van der Waals surface area contributed by atoms with Crippen LogP contribution < -0.4 is 0 Å². The lowest BCUT2D eigenvalue weighted by molar-refractivity contribution is -0.0660. The van der Waals surface area contributed by atoms with Crippen molar-refractivity contribution < 1.29 is 14.3 Å². The summed E-state index contributed by atoms with van der Waals surface area (Å²) in [5.74, 6) is 2.20. The fraction of sp³-hybridized carbons (Fsp3) is 0.476. The zero-order valence-electron chi connectivity index (χ0n) is 15.1. The van der Waals surface area contributed by atoms with E-state index in [0.717, 1.165) is 18.6 Å². The molecule has 1 amide bonds. The maximum atomic E-state index is 12.8. The number of furan rings is 1. The highest BCUT2D eigenvalue weighted by Crippen LogP contribution is 2.44. The van der Waals surface area contributed by atoms with Crippen molar-refractivity contribution in [3.8, 4) is 0 Å². The fourth-order valence-electron chi connectivity index (χ4n) is 4.01. The Balaban J connectivity index is 1.39. The van der Waals surface area contributed by atoms with E-state index in [4.69, 9.17) is 4.42 Å². The number of carbonyl (C=O) groups is 1. The number of hydrogen-bond donors (Lipinski definition) is 1. The van der Waals surface area contributed by atoms with Gasteiger partial charge in [-0.05, 0) is 43.0 Å². The summed E-state index contributed by atoms with van der Waals surface area (Å²) in [6, 6.07) is 13.8. The first kappa shape index (κ1) is 17.7. The molecule has 2 aromatic rings. The topological polar surface area (TPSA) is 53.7 Å². The van der Waals surface area contributed by atoms with Gasteiger partial charge in [0.2, 0.25) is 0 Å². The van der Waals surface area contributed by atoms with Crippen molar-refractivity contribution in [1.82, 2.24) is 4.90 Å². The molecule has 4 rings (SSSR count). The van der Waals surface area contributed by atoms with Gasteiger partial charge in [-0.25, -0.2) is 0 Å². The second-order valence-electron chi connectivity index (χ2n) is 7.57. The SMILES string of the molecule is CC1CN(C(=O)c2ccc(CSc3ccccc3)o2)CC1(O)C1CCC1. The third-order valence-electron chi connectivity index (χ3n) is 5.89. The van der Waals surface area contributed by atoms with E-state index in [1.54, 1.807) is 22.7 Å². The minimum absolute atomic E-state index is 0.108. The Kier molecular flexibility index (Phi) is 4.84. The first-order valence-electron chi connectivity index (χ1n) is 9.34. The van der Waals surface area contributed by atoms with Gasteiger partial charge in [0.25, 0.3) is 5.91 Å². The van der Waals surface area contributed by atoms with Gasteiger partial charge in [-0.2, -0.15) is 0 Å². The number of amides is 1. The molecule has 2 fully saturated rings. The Morgan fingerprint density at radius 1 is 1.27 bits per heavy atom. The molecule has 0 spiro atoms. The Morgan fingerprint density at radius 3 is 2.73 bits per heavy atom. The van der Waals surface area contributed by atoms with Crippen molar-refractivity contribution in [3.05, 3.63) is 54.0 Å². The van der Waals surface area contributed by atoms with Crippen molar-refractivity contribution in [2.24, 2.45) is 11.8 Å². The number of benzene rings is 1. The highest BCUT2D eigenvalue weighted by Gasteiger charge is 2.51. The maximum Gasteiger partial charge on any atom is 0.289 e. The summed E-state index contributed by atoms with van der Waals surface area (Å²) in [5, 5.41) is 11.0. The van der Waals surface area contributed by atoms with Crippen molar-refractivity contribution in [2.75, 3.05) is 13.1 Å². The predicted molar refractivity (Wildman–Crippen MR) is 102 cm³/mol. The summed E-state index contributed by atoms with van der Waals surface area (Å²) < 4.78 is 5.79. The van der Waals surface area contributed by atoms with Crippen LogP contribution in [0.25, 0.3) is 0 Å². The average Bonchev–Trinajstić information content (AvgIpc) is 3.17. The number of aliphatic hydroxyl groups is 1. The smallest absolute Gasteiger partial charge is 0.289 e. The van der Waals surface area contributed by atoms with Crippen LogP contribution >= 0.6 is 11.8 Å². The molecule has 1 aromatic carbocycles. The summed E-state index contributed by atoms with van der Waals surface area (Å²) in [7, 11) is 0. The molecular weight excluding hydrogens is 346 g/mol. The monoisotopic (exact) mass is 371 g/mol. The summed E-state index contributed by atoms with van der Waals surface area (Å²) >= 11 is 1.69. The second-order valence-corrected chi connectivity index (χ2v) is 8.62. The van der Waals surface area contributed by atoms with Gasteiger partial charge in [0.15, 0.2) is 5.76 Å². The number of carbonyl (C=O) groups excluding carboxylic acids is 1. The quantitative estimate of drug-likeness (QED) is 0.801. The lowest BCUT2D eigenvalue weighted by Crippen LogP contribution is -2.48. The van der Waals surface area contributed by atoms with Crippen LogP contribution in [0, 0.1) is 11.8 Å². The Bertz CT molecular complexity index is 771. The molecule has 1 aliphatic heterocycles. The molecule has 1 N–H and O–H groups in total. The van der Waals surface area contributed by atoms with E-state index in [1.165, 1.54) is 11.3 Å². The lowest BCUT2D eigenvalue weighted by atomic mass is 9.69. The number of nitrogens with zero attached hydrogens (tertiary/aromatic N) is 1. The van der Waals surface area contributed by atoms with E-state index in [1.807, 2.05) is 24.3 Å². The van der Waals surface area contributed by atoms with Crippen LogP contribution in [0.2, 0.25) is 0 Å². The Labute approximate surface area is 158 Å². The van der Waals surface area contributed by atoms with Gasteiger partial charge in [0, 0.05) is 17.4 Å². The predicted octanol–water partition coefficient (Wildman–Crippen LogP) is 4.20. The van der Waals surface area contributed by atoms with Gasteiger partial charge in [0.05, 0.1) is 17.9 Å². The average molecular weight is 372 g/mol. The van der Waals surface area contributed by atoms with Crippen molar-refractivity contribution >= 4 is 17.7 Å². The van der Waals surface area contributed by atoms with Crippen LogP contribution in [-0.4, -0.2) is 34.6 Å². The number of thioether (sulfide) groups is 1. The highest BCUT2D eigenvalue weighted by molar-refractivity contribution is 7.98. The zero-order valence-corrected chi connectivity index (χ0v) is 15.9. The zero-order chi connectivity index (χ0) is 18.1. The molecule has 2 aliphatic rings. The van der Waals surface area contributed by atoms with Crippen LogP contribution in [-0.2, 0) is 5.75 Å². The molecule has 2 atom stereocenters. The van der Waals surface area contributed by atoms with Crippen molar-refractivity contribution in [2.45, 2.75) is 42.4 Å². The first-order chi connectivity index (χ1) is 12.6. The molecule has 5 heteroatoms. The van der Waals surface area contributed by atoms with Crippen molar-refractivity contribution in [1.29, 1.82) is 0 Å². The van der Waals surface area contributed by atoms with Crippen LogP contribution in [0.3, 0.4) is 0 Å². The third kappa shape index (κ3) is 3.30. The summed E-state index contributed by atoms with van der Waals surface area (Å²) in [4.78, 5) is 15.7. The molecule has 1 aromatic heterocycles. The number of hydrogen-bond acceptors (Lipinski definition) is 4. The molecule has 26 heavy (non-hydrogen) atoms.